The van der Waals surface area contributed by atoms with E-state index < -0.39 is 0 Å². The number of carbonyl (C=O) groups excluding carboxylic acids is 1. The molecule has 0 heterocycles. The minimum absolute atomic E-state index is 0.227. The SMILES string of the molecule is O=C(c1ccc(I)c(Cl)c1)C1CCCCC1. The second-order valence-corrected chi connectivity index (χ2v) is 5.90. The van der Waals surface area contributed by atoms with E-state index in [-0.39, 0.29) is 11.7 Å². The van der Waals surface area contributed by atoms with Gasteiger partial charge >= 0.3 is 0 Å². The Morgan fingerprint density at radius 1 is 1.25 bits per heavy atom. The molecule has 2 rings (SSSR count). The quantitative estimate of drug-likeness (QED) is 0.559. The van der Waals surface area contributed by atoms with Gasteiger partial charge in [0.05, 0.1) is 5.02 Å². The van der Waals surface area contributed by atoms with E-state index in [2.05, 4.69) is 22.6 Å². The van der Waals surface area contributed by atoms with Crippen molar-refractivity contribution in [3.05, 3.63) is 32.4 Å². The molecule has 1 saturated carbocycles. The van der Waals surface area contributed by atoms with Crippen LogP contribution < -0.4 is 0 Å². The van der Waals surface area contributed by atoms with Crippen molar-refractivity contribution in [2.45, 2.75) is 32.1 Å². The van der Waals surface area contributed by atoms with Gasteiger partial charge in [0.25, 0.3) is 0 Å². The van der Waals surface area contributed by atoms with Crippen LogP contribution in [0.3, 0.4) is 0 Å². The van der Waals surface area contributed by atoms with E-state index in [0.29, 0.717) is 5.02 Å². The molecule has 1 fully saturated rings. The summed E-state index contributed by atoms with van der Waals surface area (Å²) in [6.45, 7) is 0. The Bertz CT molecular complexity index is 397. The minimum Gasteiger partial charge on any atom is -0.294 e. The Hall–Kier alpha value is -0.0900. The number of rotatable bonds is 2. The monoisotopic (exact) mass is 348 g/mol. The van der Waals surface area contributed by atoms with Gasteiger partial charge in [-0.05, 0) is 47.6 Å². The minimum atomic E-state index is 0.227. The number of hydrogen-bond acceptors (Lipinski definition) is 1. The first-order valence-corrected chi connectivity index (χ1v) is 7.13. The zero-order valence-corrected chi connectivity index (χ0v) is 11.9. The van der Waals surface area contributed by atoms with Gasteiger partial charge in [-0.25, -0.2) is 0 Å². The van der Waals surface area contributed by atoms with Gasteiger partial charge in [0.1, 0.15) is 0 Å². The average Bonchev–Trinajstić information content (AvgIpc) is 2.33. The number of carbonyl (C=O) groups is 1. The third kappa shape index (κ3) is 2.77. The summed E-state index contributed by atoms with van der Waals surface area (Å²) in [6.07, 6.45) is 5.74. The van der Waals surface area contributed by atoms with Crippen LogP contribution in [0, 0.1) is 9.49 Å². The topological polar surface area (TPSA) is 17.1 Å². The highest BCUT2D eigenvalue weighted by molar-refractivity contribution is 14.1. The molecule has 1 aromatic rings. The first-order valence-electron chi connectivity index (χ1n) is 5.68. The molecule has 1 aromatic carbocycles. The maximum atomic E-state index is 12.2. The van der Waals surface area contributed by atoms with E-state index in [9.17, 15) is 4.79 Å². The van der Waals surface area contributed by atoms with Crippen LogP contribution in [-0.4, -0.2) is 5.78 Å². The Labute approximate surface area is 115 Å². The molecular weight excluding hydrogens is 334 g/mol. The molecule has 0 spiro atoms. The van der Waals surface area contributed by atoms with E-state index in [1.54, 1.807) is 6.07 Å². The first kappa shape index (κ1) is 12.4. The summed E-state index contributed by atoms with van der Waals surface area (Å²) in [5, 5.41) is 0.683. The van der Waals surface area contributed by atoms with Gasteiger partial charge in [0.15, 0.2) is 5.78 Å². The van der Waals surface area contributed by atoms with Crippen LogP contribution in [0.2, 0.25) is 5.02 Å². The molecule has 86 valence electrons. The van der Waals surface area contributed by atoms with Crippen molar-refractivity contribution in [3.8, 4) is 0 Å². The van der Waals surface area contributed by atoms with Gasteiger partial charge in [0, 0.05) is 15.1 Å². The molecule has 0 radical (unpaired) electrons. The maximum absolute atomic E-state index is 12.2. The summed E-state index contributed by atoms with van der Waals surface area (Å²) >= 11 is 8.21. The maximum Gasteiger partial charge on any atom is 0.165 e. The fourth-order valence-electron chi connectivity index (χ4n) is 2.25. The fraction of sp³-hybridized carbons (Fsp3) is 0.462. The summed E-state index contributed by atoms with van der Waals surface area (Å²) in [5.41, 5.74) is 0.775. The van der Waals surface area contributed by atoms with E-state index in [1.165, 1.54) is 19.3 Å². The van der Waals surface area contributed by atoms with Crippen molar-refractivity contribution >= 4 is 40.0 Å². The Morgan fingerprint density at radius 2 is 1.94 bits per heavy atom. The number of hydrogen-bond donors (Lipinski definition) is 0. The van der Waals surface area contributed by atoms with Crippen LogP contribution in [0.4, 0.5) is 0 Å². The summed E-state index contributed by atoms with van der Waals surface area (Å²) in [5.74, 6) is 0.503. The lowest BCUT2D eigenvalue weighted by Crippen LogP contribution is -2.17. The summed E-state index contributed by atoms with van der Waals surface area (Å²) in [6, 6.07) is 5.61. The van der Waals surface area contributed by atoms with Crippen LogP contribution in [0.1, 0.15) is 42.5 Å². The van der Waals surface area contributed by atoms with Gasteiger partial charge in [-0.15, -0.1) is 0 Å². The lowest BCUT2D eigenvalue weighted by molar-refractivity contribution is 0.0889. The Morgan fingerprint density at radius 3 is 2.56 bits per heavy atom. The second-order valence-electron chi connectivity index (χ2n) is 4.33. The van der Waals surface area contributed by atoms with Crippen molar-refractivity contribution in [3.63, 3.8) is 0 Å². The molecule has 0 aromatic heterocycles. The number of halogens is 2. The van der Waals surface area contributed by atoms with Crippen molar-refractivity contribution in [2.24, 2.45) is 5.92 Å². The normalized spacial score (nSPS) is 17.4. The predicted octanol–water partition coefficient (Wildman–Crippen LogP) is 4.71. The average molecular weight is 349 g/mol. The highest BCUT2D eigenvalue weighted by Gasteiger charge is 2.22. The largest absolute Gasteiger partial charge is 0.294 e. The molecule has 0 N–H and O–H groups in total. The molecule has 3 heteroatoms. The Kier molecular flexibility index (Phi) is 4.25. The van der Waals surface area contributed by atoms with Crippen molar-refractivity contribution in [1.29, 1.82) is 0 Å². The zero-order valence-electron chi connectivity index (χ0n) is 9.01. The molecule has 0 unspecified atom stereocenters. The van der Waals surface area contributed by atoms with Crippen LogP contribution in [-0.2, 0) is 0 Å². The molecule has 0 atom stereocenters. The summed E-state index contributed by atoms with van der Waals surface area (Å²) in [7, 11) is 0. The molecule has 0 bridgehead atoms. The number of Topliss-reactive ketones (excluding diaryl/α,β-unsaturated/α-hetero) is 1. The van der Waals surface area contributed by atoms with Gasteiger partial charge in [0.2, 0.25) is 0 Å². The third-order valence-corrected chi connectivity index (χ3v) is 4.75. The predicted molar refractivity (Wildman–Crippen MR) is 75.1 cm³/mol. The highest BCUT2D eigenvalue weighted by atomic mass is 127. The fourth-order valence-corrected chi connectivity index (χ4v) is 2.77. The van der Waals surface area contributed by atoms with Gasteiger partial charge in [-0.3, -0.25) is 4.79 Å². The van der Waals surface area contributed by atoms with Crippen LogP contribution in [0.25, 0.3) is 0 Å². The first-order chi connectivity index (χ1) is 7.68. The molecule has 1 nitrogen and oxygen atoms in total. The summed E-state index contributed by atoms with van der Waals surface area (Å²) in [4.78, 5) is 12.2. The van der Waals surface area contributed by atoms with E-state index in [0.717, 1.165) is 22.0 Å². The van der Waals surface area contributed by atoms with Crippen LogP contribution in [0.15, 0.2) is 18.2 Å². The second kappa shape index (κ2) is 5.50. The van der Waals surface area contributed by atoms with E-state index in [1.807, 2.05) is 12.1 Å². The molecule has 1 aliphatic rings. The number of benzene rings is 1. The van der Waals surface area contributed by atoms with Gasteiger partial charge < -0.3 is 0 Å². The molecular formula is C13H14ClIO. The molecule has 0 amide bonds. The third-order valence-electron chi connectivity index (χ3n) is 3.18. The lowest BCUT2D eigenvalue weighted by atomic mass is 9.84. The van der Waals surface area contributed by atoms with Crippen molar-refractivity contribution in [2.75, 3.05) is 0 Å². The smallest absolute Gasteiger partial charge is 0.165 e. The number of ketones is 1. The van der Waals surface area contributed by atoms with Crippen molar-refractivity contribution < 1.29 is 4.79 Å². The highest BCUT2D eigenvalue weighted by Crippen LogP contribution is 2.28. The molecule has 0 saturated heterocycles. The van der Waals surface area contributed by atoms with Crippen LogP contribution >= 0.6 is 34.2 Å². The van der Waals surface area contributed by atoms with E-state index >= 15 is 0 Å². The zero-order chi connectivity index (χ0) is 11.5. The van der Waals surface area contributed by atoms with Gasteiger partial charge in [-0.2, -0.15) is 0 Å². The van der Waals surface area contributed by atoms with Crippen molar-refractivity contribution in [1.82, 2.24) is 0 Å². The summed E-state index contributed by atoms with van der Waals surface area (Å²) < 4.78 is 1.000. The Balaban J connectivity index is 2.16. The van der Waals surface area contributed by atoms with Gasteiger partial charge in [-0.1, -0.05) is 36.9 Å². The van der Waals surface area contributed by atoms with Crippen LogP contribution in [0.5, 0.6) is 0 Å². The molecule has 0 aliphatic heterocycles. The molecule has 1 aliphatic carbocycles. The van der Waals surface area contributed by atoms with E-state index in [4.69, 9.17) is 11.6 Å². The standard InChI is InChI=1S/C13H14ClIO/c14-11-8-10(6-7-12(11)15)13(16)9-4-2-1-3-5-9/h6-9H,1-5H2. The lowest BCUT2D eigenvalue weighted by Gasteiger charge is -2.20. The molecule has 16 heavy (non-hydrogen) atoms.